The van der Waals surface area contributed by atoms with Crippen LogP contribution in [0.2, 0.25) is 0 Å². The SMILES string of the molecule is O=C(CCOc1ccccc1)N1CCC(C(=O)N2CCN(Cc3cccc4cccnc34)CC2)CC1. The van der Waals surface area contributed by atoms with Crippen LogP contribution in [-0.4, -0.2) is 77.4 Å². The molecule has 0 radical (unpaired) electrons. The highest BCUT2D eigenvalue weighted by atomic mass is 16.5. The number of likely N-dealkylation sites (tertiary alicyclic amines) is 1. The molecule has 0 unspecified atom stereocenters. The zero-order chi connectivity index (χ0) is 24.7. The molecular formula is C29H34N4O3. The van der Waals surface area contributed by atoms with Gasteiger partial charge >= 0.3 is 0 Å². The fourth-order valence-electron chi connectivity index (χ4n) is 5.23. The number of piperidine rings is 1. The average Bonchev–Trinajstić information content (AvgIpc) is 2.94. The number of hydrogen-bond donors (Lipinski definition) is 0. The number of para-hydroxylation sites is 2. The van der Waals surface area contributed by atoms with Crippen molar-refractivity contribution in [3.63, 3.8) is 0 Å². The van der Waals surface area contributed by atoms with E-state index in [4.69, 9.17) is 4.74 Å². The molecule has 0 bridgehead atoms. The molecule has 0 atom stereocenters. The van der Waals surface area contributed by atoms with Crippen LogP contribution in [0.1, 0.15) is 24.8 Å². The van der Waals surface area contributed by atoms with Crippen molar-refractivity contribution in [2.45, 2.75) is 25.8 Å². The van der Waals surface area contributed by atoms with Gasteiger partial charge in [0.1, 0.15) is 5.75 Å². The summed E-state index contributed by atoms with van der Waals surface area (Å²) in [6, 6.07) is 20.0. The number of nitrogens with zero attached hydrogens (tertiary/aromatic N) is 4. The summed E-state index contributed by atoms with van der Waals surface area (Å²) in [4.78, 5) is 36.6. The number of carbonyl (C=O) groups is 2. The molecule has 2 aliphatic rings. The first kappa shape index (κ1) is 24.3. The van der Waals surface area contributed by atoms with Crippen molar-refractivity contribution in [2.75, 3.05) is 45.9 Å². The van der Waals surface area contributed by atoms with E-state index in [0.29, 0.717) is 26.1 Å². The van der Waals surface area contributed by atoms with Gasteiger partial charge in [-0.2, -0.15) is 0 Å². The second-order valence-electron chi connectivity index (χ2n) is 9.66. The Morgan fingerprint density at radius 2 is 1.58 bits per heavy atom. The van der Waals surface area contributed by atoms with Gasteiger partial charge in [-0.1, -0.05) is 42.5 Å². The summed E-state index contributed by atoms with van der Waals surface area (Å²) in [5.74, 6) is 1.15. The second kappa shape index (κ2) is 11.5. The predicted octanol–water partition coefficient (Wildman–Crippen LogP) is 3.59. The zero-order valence-electron chi connectivity index (χ0n) is 20.7. The van der Waals surface area contributed by atoms with Crippen LogP contribution in [0.4, 0.5) is 0 Å². The molecule has 2 saturated heterocycles. The van der Waals surface area contributed by atoms with Crippen LogP contribution in [0.25, 0.3) is 10.9 Å². The molecule has 7 heteroatoms. The number of fused-ring (bicyclic) bond motifs is 1. The van der Waals surface area contributed by atoms with Crippen LogP contribution in [-0.2, 0) is 16.1 Å². The Kier molecular flexibility index (Phi) is 7.76. The molecule has 0 saturated carbocycles. The molecule has 1 aromatic heterocycles. The Balaban J connectivity index is 1.04. The van der Waals surface area contributed by atoms with Crippen LogP contribution in [0.15, 0.2) is 66.9 Å². The minimum absolute atomic E-state index is 0.0171. The number of piperazine rings is 1. The van der Waals surface area contributed by atoms with Gasteiger partial charge in [-0.05, 0) is 36.6 Å². The van der Waals surface area contributed by atoms with Gasteiger partial charge in [-0.25, -0.2) is 0 Å². The van der Waals surface area contributed by atoms with Crippen molar-refractivity contribution in [3.05, 3.63) is 72.4 Å². The van der Waals surface area contributed by atoms with Gasteiger partial charge in [0.05, 0.1) is 18.5 Å². The van der Waals surface area contributed by atoms with Crippen molar-refractivity contribution in [3.8, 4) is 5.75 Å². The molecule has 7 nitrogen and oxygen atoms in total. The number of ether oxygens (including phenoxy) is 1. The fourth-order valence-corrected chi connectivity index (χ4v) is 5.23. The summed E-state index contributed by atoms with van der Waals surface area (Å²) in [6.07, 6.45) is 3.69. The number of aromatic nitrogens is 1. The van der Waals surface area contributed by atoms with Crippen molar-refractivity contribution in [1.29, 1.82) is 0 Å². The fraction of sp³-hybridized carbons (Fsp3) is 0.414. The Hall–Kier alpha value is -3.45. The van der Waals surface area contributed by atoms with Crippen LogP contribution < -0.4 is 4.74 Å². The predicted molar refractivity (Wildman–Crippen MR) is 139 cm³/mol. The van der Waals surface area contributed by atoms with Crippen molar-refractivity contribution < 1.29 is 14.3 Å². The number of benzene rings is 2. The van der Waals surface area contributed by atoms with Crippen molar-refractivity contribution in [1.82, 2.24) is 19.7 Å². The van der Waals surface area contributed by atoms with Gasteiger partial charge in [0.15, 0.2) is 0 Å². The minimum atomic E-state index is 0.0171. The van der Waals surface area contributed by atoms with E-state index in [-0.39, 0.29) is 17.7 Å². The normalized spacial score (nSPS) is 17.3. The molecule has 36 heavy (non-hydrogen) atoms. The Bertz CT molecular complexity index is 1160. The van der Waals surface area contributed by atoms with E-state index in [0.717, 1.165) is 62.2 Å². The van der Waals surface area contributed by atoms with Gasteiger partial charge in [0, 0.05) is 63.3 Å². The topological polar surface area (TPSA) is 66.0 Å². The summed E-state index contributed by atoms with van der Waals surface area (Å²) in [7, 11) is 0. The van der Waals surface area contributed by atoms with Crippen LogP contribution in [0.5, 0.6) is 5.75 Å². The van der Waals surface area contributed by atoms with Gasteiger partial charge in [-0.3, -0.25) is 19.5 Å². The Labute approximate surface area is 212 Å². The number of amides is 2. The smallest absolute Gasteiger partial charge is 0.225 e. The first-order chi connectivity index (χ1) is 17.7. The van der Waals surface area contributed by atoms with E-state index in [2.05, 4.69) is 34.1 Å². The molecule has 0 N–H and O–H groups in total. The van der Waals surface area contributed by atoms with Crippen LogP contribution in [0.3, 0.4) is 0 Å². The zero-order valence-corrected chi connectivity index (χ0v) is 20.7. The largest absolute Gasteiger partial charge is 0.493 e. The van der Waals surface area contributed by atoms with E-state index in [9.17, 15) is 9.59 Å². The molecule has 2 aromatic carbocycles. The molecule has 188 valence electrons. The maximum Gasteiger partial charge on any atom is 0.225 e. The third-order valence-corrected chi connectivity index (χ3v) is 7.32. The first-order valence-corrected chi connectivity index (χ1v) is 13.0. The first-order valence-electron chi connectivity index (χ1n) is 13.0. The average molecular weight is 487 g/mol. The number of hydrogen-bond acceptors (Lipinski definition) is 5. The summed E-state index contributed by atoms with van der Waals surface area (Å²) in [5.41, 5.74) is 2.30. The molecule has 3 aromatic rings. The van der Waals surface area contributed by atoms with Gasteiger partial charge < -0.3 is 14.5 Å². The molecule has 3 heterocycles. The molecule has 0 spiro atoms. The van der Waals surface area contributed by atoms with E-state index in [1.165, 1.54) is 5.56 Å². The van der Waals surface area contributed by atoms with Gasteiger partial charge in [0.25, 0.3) is 0 Å². The standard InChI is InChI=1S/C29H34N4O3/c34-27(13-21-36-26-9-2-1-3-10-26)32-15-11-24(12-16-32)29(35)33-19-17-31(18-20-33)22-25-7-4-6-23-8-5-14-30-28(23)25/h1-10,14,24H,11-13,15-22H2. The van der Waals surface area contributed by atoms with Gasteiger partial charge in [-0.15, -0.1) is 0 Å². The lowest BCUT2D eigenvalue weighted by Crippen LogP contribution is -2.51. The lowest BCUT2D eigenvalue weighted by molar-refractivity contribution is -0.142. The maximum absolute atomic E-state index is 13.2. The summed E-state index contributed by atoms with van der Waals surface area (Å²) < 4.78 is 5.66. The quantitative estimate of drug-likeness (QED) is 0.511. The monoisotopic (exact) mass is 486 g/mol. The lowest BCUT2D eigenvalue weighted by Gasteiger charge is -2.38. The highest BCUT2D eigenvalue weighted by Crippen LogP contribution is 2.23. The molecule has 0 aliphatic carbocycles. The highest BCUT2D eigenvalue weighted by molar-refractivity contribution is 5.82. The summed E-state index contributed by atoms with van der Waals surface area (Å²) >= 11 is 0. The number of pyridine rings is 1. The number of carbonyl (C=O) groups excluding carboxylic acids is 2. The van der Waals surface area contributed by atoms with E-state index < -0.39 is 0 Å². The van der Waals surface area contributed by atoms with E-state index >= 15 is 0 Å². The van der Waals surface area contributed by atoms with Crippen molar-refractivity contribution >= 4 is 22.7 Å². The van der Waals surface area contributed by atoms with Crippen molar-refractivity contribution in [2.24, 2.45) is 5.92 Å². The van der Waals surface area contributed by atoms with Gasteiger partial charge in [0.2, 0.25) is 11.8 Å². The van der Waals surface area contributed by atoms with Crippen LogP contribution in [0, 0.1) is 5.92 Å². The maximum atomic E-state index is 13.2. The minimum Gasteiger partial charge on any atom is -0.493 e. The molecule has 2 amide bonds. The summed E-state index contributed by atoms with van der Waals surface area (Å²) in [6.45, 7) is 5.77. The van der Waals surface area contributed by atoms with E-state index in [1.807, 2.05) is 52.4 Å². The molecule has 2 aliphatic heterocycles. The molecule has 5 rings (SSSR count). The highest BCUT2D eigenvalue weighted by Gasteiger charge is 2.31. The summed E-state index contributed by atoms with van der Waals surface area (Å²) in [5, 5.41) is 1.16. The Morgan fingerprint density at radius 1 is 0.833 bits per heavy atom. The third-order valence-electron chi connectivity index (χ3n) is 7.32. The molecular weight excluding hydrogens is 452 g/mol. The molecule has 2 fully saturated rings. The van der Waals surface area contributed by atoms with Crippen LogP contribution >= 0.6 is 0 Å². The second-order valence-corrected chi connectivity index (χ2v) is 9.66. The lowest BCUT2D eigenvalue weighted by atomic mass is 9.94. The number of rotatable bonds is 7. The third kappa shape index (κ3) is 5.85. The Morgan fingerprint density at radius 3 is 2.36 bits per heavy atom. The van der Waals surface area contributed by atoms with E-state index in [1.54, 1.807) is 0 Å².